The molecule has 2 N–H and O–H groups in total. The molecule has 5 rings (SSSR count). The van der Waals surface area contributed by atoms with Crippen LogP contribution in [-0.4, -0.2) is 72.8 Å². The zero-order valence-corrected chi connectivity index (χ0v) is 29.7. The molecule has 9 heteroatoms. The molecule has 3 aromatic carbocycles. The monoisotopic (exact) mass is 779 g/mol. The number of alkyl halides is 1. The van der Waals surface area contributed by atoms with Crippen LogP contribution in [0.5, 0.6) is 11.5 Å². The van der Waals surface area contributed by atoms with Crippen LogP contribution >= 0.6 is 11.6 Å². The number of aromatic amines is 1. The van der Waals surface area contributed by atoms with Crippen LogP contribution in [0.4, 0.5) is 5.69 Å². The molecule has 1 aromatic heterocycles. The van der Waals surface area contributed by atoms with Crippen molar-refractivity contribution in [1.82, 2.24) is 9.88 Å². The number of aromatic nitrogens is 1. The number of benzene rings is 3. The summed E-state index contributed by atoms with van der Waals surface area (Å²) in [6, 6.07) is 15.4. The van der Waals surface area contributed by atoms with Crippen molar-refractivity contribution in [3.05, 3.63) is 71.3 Å². The minimum Gasteiger partial charge on any atom is -0.507 e. The molecule has 43 heavy (non-hydrogen) atoms. The Hall–Kier alpha value is -2.60. The van der Waals surface area contributed by atoms with E-state index in [4.69, 9.17) is 9.47 Å². The molecule has 0 aliphatic carbocycles. The summed E-state index contributed by atoms with van der Waals surface area (Å²) in [5.74, 6) is 2.13. The second-order valence-electron chi connectivity index (χ2n) is 11.9. The number of nitrogens with zero attached hydrogens (tertiary/aromatic N) is 2. The van der Waals surface area contributed by atoms with Gasteiger partial charge < -0.3 is 29.4 Å². The van der Waals surface area contributed by atoms with Crippen molar-refractivity contribution < 1.29 is 39.8 Å². The predicted molar refractivity (Wildman–Crippen MR) is 173 cm³/mol. The number of ether oxygens (including phenoxy) is 2. The number of halogens is 1. The molecule has 1 radical (unpaired) electrons. The van der Waals surface area contributed by atoms with Gasteiger partial charge in [0.2, 0.25) is 0 Å². The maximum Gasteiger partial charge on any atom is 0.274 e. The van der Waals surface area contributed by atoms with Gasteiger partial charge in [-0.2, -0.15) is 13.8 Å². The molecule has 1 aliphatic heterocycles. The van der Waals surface area contributed by atoms with Crippen molar-refractivity contribution in [2.45, 2.75) is 46.6 Å². The molecule has 0 spiro atoms. The molecule has 0 saturated heterocycles. The number of carbonyl (C=O) groups is 1. The van der Waals surface area contributed by atoms with Gasteiger partial charge >= 0.3 is 0 Å². The van der Waals surface area contributed by atoms with Crippen LogP contribution < -0.4 is 9.64 Å². The number of hydrogen-bond donors (Lipinski definition) is 2. The molecule has 0 fully saturated rings. The molecule has 4 aromatic rings. The number of amides is 1. The van der Waals surface area contributed by atoms with Crippen LogP contribution in [0.3, 0.4) is 0 Å². The van der Waals surface area contributed by atoms with E-state index in [1.165, 1.54) is 12.3 Å². The first-order valence-corrected chi connectivity index (χ1v) is 15.1. The summed E-state index contributed by atoms with van der Waals surface area (Å²) in [6.45, 7) is 13.8. The van der Waals surface area contributed by atoms with Crippen LogP contribution in [0.1, 0.15) is 49.3 Å². The van der Waals surface area contributed by atoms with Crippen LogP contribution in [0.25, 0.3) is 21.7 Å². The van der Waals surface area contributed by atoms with Gasteiger partial charge in [-0.1, -0.05) is 24.8 Å². The molecule has 7 nitrogen and oxygen atoms in total. The number of nitrogens with one attached hydrogen (secondary N) is 1. The van der Waals surface area contributed by atoms with Gasteiger partial charge in [-0.15, -0.1) is 11.6 Å². The minimum absolute atomic E-state index is 0. The van der Waals surface area contributed by atoms with Crippen molar-refractivity contribution in [3.63, 3.8) is 0 Å². The van der Waals surface area contributed by atoms with Crippen LogP contribution in [-0.2, 0) is 31.6 Å². The first-order chi connectivity index (χ1) is 20.0. The van der Waals surface area contributed by atoms with Crippen molar-refractivity contribution >= 4 is 44.9 Å². The molecule has 2 heterocycles. The summed E-state index contributed by atoms with van der Waals surface area (Å²) >= 11 is 4.64. The number of carbonyl (C=O) groups excluding carboxylic acids is 1. The Balaban J connectivity index is 0.00000165. The Kier molecular flexibility index (Phi) is 12.1. The number of aromatic hydroxyl groups is 1. The fraction of sp³-hybridized carbons (Fsp3) is 0.412. The third-order valence-corrected chi connectivity index (χ3v) is 7.52. The zero-order valence-electron chi connectivity index (χ0n) is 26.2. The fourth-order valence-corrected chi connectivity index (χ4v) is 5.65. The average Bonchev–Trinajstić information content (AvgIpc) is 3.57. The quantitative estimate of drug-likeness (QED) is 0.133. The van der Waals surface area contributed by atoms with Gasteiger partial charge in [0.15, 0.2) is 0 Å². The molecule has 0 bridgehead atoms. The Morgan fingerprint density at radius 3 is 2.63 bits per heavy atom. The Morgan fingerprint density at radius 2 is 1.91 bits per heavy atom. The van der Waals surface area contributed by atoms with Gasteiger partial charge in [-0.25, -0.2) is 0 Å². The van der Waals surface area contributed by atoms with E-state index in [9.17, 15) is 9.90 Å². The van der Waals surface area contributed by atoms with Crippen molar-refractivity contribution in [1.29, 1.82) is 0 Å². The second-order valence-corrected chi connectivity index (χ2v) is 11.9. The van der Waals surface area contributed by atoms with Crippen molar-refractivity contribution in [2.24, 2.45) is 0 Å². The van der Waals surface area contributed by atoms with E-state index in [2.05, 4.69) is 56.2 Å². The maximum atomic E-state index is 13.6. The van der Waals surface area contributed by atoms with Gasteiger partial charge in [0, 0.05) is 68.8 Å². The van der Waals surface area contributed by atoms with Gasteiger partial charge in [0.1, 0.15) is 23.8 Å². The molecule has 233 valence electrons. The molecular weight excluding hydrogens is 736 g/mol. The summed E-state index contributed by atoms with van der Waals surface area (Å²) in [5.41, 5.74) is 4.17. The maximum absolute atomic E-state index is 13.6. The largest absolute Gasteiger partial charge is 0.507 e. The number of fused-ring (bicyclic) bond motifs is 4. The van der Waals surface area contributed by atoms with Crippen molar-refractivity contribution in [3.8, 4) is 11.5 Å². The number of H-pyrrole nitrogens is 1. The average molecular weight is 779 g/mol. The molecule has 1 amide bonds. The normalized spacial score (nSPS) is 12.8. The number of aryl methyl sites for hydroxylation is 1. The van der Waals surface area contributed by atoms with Gasteiger partial charge in [0.25, 0.3) is 5.91 Å². The van der Waals surface area contributed by atoms with Crippen LogP contribution in [0.2, 0.25) is 0 Å². The van der Waals surface area contributed by atoms with E-state index in [0.29, 0.717) is 25.5 Å². The van der Waals surface area contributed by atoms with Gasteiger partial charge in [0.05, 0.1) is 11.3 Å². The smallest absolute Gasteiger partial charge is 0.274 e. The topological polar surface area (TPSA) is 78.0 Å². The fourth-order valence-electron chi connectivity index (χ4n) is 5.65. The van der Waals surface area contributed by atoms with E-state index in [-0.39, 0.29) is 37.7 Å². The number of hydrogen-bond acceptors (Lipinski definition) is 5. The molecule has 0 saturated carbocycles. The first kappa shape index (κ1) is 34.9. The minimum atomic E-state index is -0.237. The van der Waals surface area contributed by atoms with E-state index in [1.807, 2.05) is 49.4 Å². The first-order valence-electron chi connectivity index (χ1n) is 14.3. The number of rotatable bonds is 10. The summed E-state index contributed by atoms with van der Waals surface area (Å²) in [7, 11) is 2.07. The summed E-state index contributed by atoms with van der Waals surface area (Å²) < 4.78 is 12.1. The van der Waals surface area contributed by atoms with Gasteiger partial charge in [-0.3, -0.25) is 10.7 Å². The summed E-state index contributed by atoms with van der Waals surface area (Å²) in [6.07, 6.45) is 2.23. The Bertz CT molecular complexity index is 1550. The zero-order chi connectivity index (χ0) is 30.6. The van der Waals surface area contributed by atoms with Crippen LogP contribution in [0.15, 0.2) is 48.5 Å². The third kappa shape index (κ3) is 8.12. The third-order valence-electron chi connectivity index (χ3n) is 7.52. The number of phenolic OH excluding ortho intramolecular Hbond substituents is 1. The SMILES string of the molecule is CCl.Cc1cccc2c(O)cc3c(c12)CCN3C(=O)c1cc2cc(OCCN(C)CC(C)(C)OC[C-](C)C)ccc2[nH]1.[Re]. The molecule has 0 unspecified atom stereocenters. The summed E-state index contributed by atoms with van der Waals surface area (Å²) in [5, 5.41) is 13.5. The number of phenols is 1. The number of anilines is 1. The molecular formula is C34H43ClN3O4Re-. The second kappa shape index (κ2) is 14.9. The Labute approximate surface area is 274 Å². The van der Waals surface area contributed by atoms with Crippen molar-refractivity contribution in [2.75, 3.05) is 51.2 Å². The Morgan fingerprint density at radius 1 is 1.16 bits per heavy atom. The molecule has 0 atom stereocenters. The number of likely N-dealkylation sites (N-methyl/N-ethyl adjacent to an activating group) is 1. The van der Waals surface area contributed by atoms with E-state index in [1.54, 1.807) is 11.0 Å². The predicted octanol–water partition coefficient (Wildman–Crippen LogP) is 7.11. The van der Waals surface area contributed by atoms with E-state index in [0.717, 1.165) is 63.7 Å². The van der Waals surface area contributed by atoms with E-state index < -0.39 is 0 Å². The molecule has 1 aliphatic rings. The summed E-state index contributed by atoms with van der Waals surface area (Å²) in [4.78, 5) is 20.9. The van der Waals surface area contributed by atoms with Gasteiger partial charge in [-0.05, 0) is 75.0 Å². The van der Waals surface area contributed by atoms with Crippen LogP contribution in [0, 0.1) is 12.8 Å². The van der Waals surface area contributed by atoms with E-state index >= 15 is 0 Å². The standard InChI is InChI=1S/C33H40N3O4.CH3Cl.Re/c1-21(2)19-40-33(4,5)20-35(6)14-15-39-24-10-11-27-23(16-24)17-28(34-27)32(38)36-13-12-25-29(36)18-30(37)26-9-7-8-22(3)31(25)26;1-2;/h7-11,16-18,34,37H,12-15,19-20H2,1-6H3;1H3;/q-1;;.